The zero-order valence-electron chi connectivity index (χ0n) is 15.0. The van der Waals surface area contributed by atoms with Crippen molar-refractivity contribution in [3.05, 3.63) is 40.0 Å². The zero-order chi connectivity index (χ0) is 17.8. The van der Waals surface area contributed by atoms with E-state index in [0.29, 0.717) is 18.2 Å². The summed E-state index contributed by atoms with van der Waals surface area (Å²) in [6.07, 6.45) is 3.72. The van der Waals surface area contributed by atoms with Crippen molar-refractivity contribution in [1.82, 2.24) is 20.2 Å². The smallest absolute Gasteiger partial charge is 0.253 e. The van der Waals surface area contributed by atoms with E-state index in [1.807, 2.05) is 17.5 Å². The van der Waals surface area contributed by atoms with Gasteiger partial charge in [0.25, 0.3) is 5.91 Å². The molecular formula is C18H25N5OS. The molecule has 3 heterocycles. The first-order valence-electron chi connectivity index (χ1n) is 8.65. The summed E-state index contributed by atoms with van der Waals surface area (Å²) in [6.45, 7) is 4.52. The Labute approximate surface area is 152 Å². The molecule has 0 unspecified atom stereocenters. The summed E-state index contributed by atoms with van der Waals surface area (Å²) >= 11 is 1.58. The fourth-order valence-corrected chi connectivity index (χ4v) is 3.75. The molecule has 134 valence electrons. The highest BCUT2D eigenvalue weighted by Gasteiger charge is 2.24. The SMILES string of the molecule is CCc1csc(CNC(=O)c2ccc(N3CC[C@H](N(C)C)C3)nc2)n1. The number of hydrogen-bond acceptors (Lipinski definition) is 6. The monoisotopic (exact) mass is 359 g/mol. The second-order valence-electron chi connectivity index (χ2n) is 6.53. The van der Waals surface area contributed by atoms with E-state index >= 15 is 0 Å². The summed E-state index contributed by atoms with van der Waals surface area (Å²) < 4.78 is 0. The Morgan fingerprint density at radius 3 is 2.88 bits per heavy atom. The number of nitrogens with zero attached hydrogens (tertiary/aromatic N) is 4. The summed E-state index contributed by atoms with van der Waals surface area (Å²) in [7, 11) is 4.22. The number of likely N-dealkylation sites (N-methyl/N-ethyl adjacent to an activating group) is 1. The van der Waals surface area contributed by atoms with Gasteiger partial charge in [-0.2, -0.15) is 0 Å². The Kier molecular flexibility index (Phi) is 5.65. The number of aryl methyl sites for hydroxylation is 1. The van der Waals surface area contributed by atoms with Gasteiger partial charge in [0, 0.05) is 30.7 Å². The summed E-state index contributed by atoms with van der Waals surface area (Å²) in [4.78, 5) is 25.7. The zero-order valence-corrected chi connectivity index (χ0v) is 15.8. The van der Waals surface area contributed by atoms with E-state index in [1.54, 1.807) is 17.5 Å². The Hall–Kier alpha value is -1.99. The Morgan fingerprint density at radius 1 is 1.44 bits per heavy atom. The van der Waals surface area contributed by atoms with Crippen molar-refractivity contribution in [3.8, 4) is 0 Å². The minimum atomic E-state index is -0.111. The number of carbonyl (C=O) groups is 1. The molecule has 3 rings (SSSR count). The standard InChI is InChI=1S/C18H25N5OS/c1-4-14-12-25-17(21-14)10-20-18(24)13-5-6-16(19-9-13)23-8-7-15(11-23)22(2)3/h5-6,9,12,15H,4,7-8,10-11H2,1-3H3,(H,20,24)/t15-/m0/s1. The first kappa shape index (κ1) is 17.8. The molecular weight excluding hydrogens is 334 g/mol. The summed E-state index contributed by atoms with van der Waals surface area (Å²) in [5.74, 6) is 0.827. The highest BCUT2D eigenvalue weighted by molar-refractivity contribution is 7.09. The van der Waals surface area contributed by atoms with Crippen LogP contribution in [0, 0.1) is 0 Å². The quantitative estimate of drug-likeness (QED) is 0.856. The lowest BCUT2D eigenvalue weighted by Gasteiger charge is -2.21. The highest BCUT2D eigenvalue weighted by Crippen LogP contribution is 2.20. The predicted octanol–water partition coefficient (Wildman–Crippen LogP) is 2.17. The highest BCUT2D eigenvalue weighted by atomic mass is 32.1. The molecule has 1 saturated heterocycles. The molecule has 0 saturated carbocycles. The van der Waals surface area contributed by atoms with Gasteiger partial charge in [0.2, 0.25) is 0 Å². The van der Waals surface area contributed by atoms with Crippen LogP contribution in [0.2, 0.25) is 0 Å². The van der Waals surface area contributed by atoms with E-state index in [1.165, 1.54) is 0 Å². The third kappa shape index (κ3) is 4.35. The van der Waals surface area contributed by atoms with Crippen LogP contribution in [0.15, 0.2) is 23.7 Å². The van der Waals surface area contributed by atoms with Crippen molar-refractivity contribution in [2.24, 2.45) is 0 Å². The van der Waals surface area contributed by atoms with Gasteiger partial charge in [-0.05, 0) is 39.1 Å². The fraction of sp³-hybridized carbons (Fsp3) is 0.500. The molecule has 0 spiro atoms. The van der Waals surface area contributed by atoms with Crippen molar-refractivity contribution in [2.75, 3.05) is 32.1 Å². The Morgan fingerprint density at radius 2 is 2.28 bits per heavy atom. The number of rotatable bonds is 6. The molecule has 2 aromatic rings. The van der Waals surface area contributed by atoms with Crippen molar-refractivity contribution in [2.45, 2.75) is 32.4 Å². The lowest BCUT2D eigenvalue weighted by atomic mass is 10.2. The molecule has 0 aromatic carbocycles. The topological polar surface area (TPSA) is 61.4 Å². The van der Waals surface area contributed by atoms with Crippen LogP contribution in [0.4, 0.5) is 5.82 Å². The number of carbonyl (C=O) groups excluding carboxylic acids is 1. The van der Waals surface area contributed by atoms with Crippen LogP contribution in [-0.2, 0) is 13.0 Å². The van der Waals surface area contributed by atoms with Crippen LogP contribution >= 0.6 is 11.3 Å². The number of aromatic nitrogens is 2. The molecule has 0 bridgehead atoms. The molecule has 6 nitrogen and oxygen atoms in total. The fourth-order valence-electron chi connectivity index (χ4n) is 2.93. The normalized spacial score (nSPS) is 17.3. The van der Waals surface area contributed by atoms with Gasteiger partial charge in [-0.1, -0.05) is 6.92 Å². The molecule has 2 aromatic heterocycles. The van der Waals surface area contributed by atoms with Gasteiger partial charge < -0.3 is 15.1 Å². The minimum Gasteiger partial charge on any atom is -0.355 e. The lowest BCUT2D eigenvalue weighted by Crippen LogP contribution is -2.31. The molecule has 1 amide bonds. The number of anilines is 1. The van der Waals surface area contributed by atoms with Gasteiger partial charge in [0.1, 0.15) is 10.8 Å². The summed E-state index contributed by atoms with van der Waals surface area (Å²) in [5, 5.41) is 5.88. The number of nitrogens with one attached hydrogen (secondary N) is 1. The summed E-state index contributed by atoms with van der Waals surface area (Å²) in [6, 6.07) is 4.35. The van der Waals surface area contributed by atoms with Crippen LogP contribution in [0.25, 0.3) is 0 Å². The van der Waals surface area contributed by atoms with Crippen molar-refractivity contribution in [3.63, 3.8) is 0 Å². The Bertz CT molecular complexity index is 713. The maximum atomic E-state index is 12.3. The van der Waals surface area contributed by atoms with Gasteiger partial charge in [-0.3, -0.25) is 4.79 Å². The molecule has 25 heavy (non-hydrogen) atoms. The van der Waals surface area contributed by atoms with Crippen molar-refractivity contribution in [1.29, 1.82) is 0 Å². The second-order valence-corrected chi connectivity index (χ2v) is 7.47. The van der Waals surface area contributed by atoms with Gasteiger partial charge in [0.15, 0.2) is 0 Å². The van der Waals surface area contributed by atoms with E-state index in [0.717, 1.165) is 42.5 Å². The van der Waals surface area contributed by atoms with Crippen LogP contribution in [0.1, 0.15) is 34.4 Å². The van der Waals surface area contributed by atoms with Gasteiger partial charge >= 0.3 is 0 Å². The maximum absolute atomic E-state index is 12.3. The van der Waals surface area contributed by atoms with Gasteiger partial charge in [-0.25, -0.2) is 9.97 Å². The van der Waals surface area contributed by atoms with Gasteiger partial charge in [0.05, 0.1) is 17.8 Å². The third-order valence-electron chi connectivity index (χ3n) is 4.59. The molecule has 1 N–H and O–H groups in total. The maximum Gasteiger partial charge on any atom is 0.253 e. The largest absolute Gasteiger partial charge is 0.355 e. The molecule has 1 aliphatic rings. The van der Waals surface area contributed by atoms with Crippen molar-refractivity contribution < 1.29 is 4.79 Å². The van der Waals surface area contributed by atoms with E-state index in [-0.39, 0.29) is 5.91 Å². The molecule has 0 aliphatic carbocycles. The Balaban J connectivity index is 1.55. The molecule has 1 atom stereocenters. The van der Waals surface area contributed by atoms with Crippen LogP contribution in [0.3, 0.4) is 0 Å². The number of amides is 1. The first-order chi connectivity index (χ1) is 12.1. The van der Waals surface area contributed by atoms with Crippen LogP contribution in [-0.4, -0.2) is 54.0 Å². The van der Waals surface area contributed by atoms with Crippen molar-refractivity contribution >= 4 is 23.1 Å². The lowest BCUT2D eigenvalue weighted by molar-refractivity contribution is 0.0950. The summed E-state index contributed by atoms with van der Waals surface area (Å²) in [5.41, 5.74) is 1.65. The second kappa shape index (κ2) is 7.93. The number of pyridine rings is 1. The van der Waals surface area contributed by atoms with E-state index in [4.69, 9.17) is 0 Å². The minimum absolute atomic E-state index is 0.111. The van der Waals surface area contributed by atoms with E-state index < -0.39 is 0 Å². The van der Waals surface area contributed by atoms with E-state index in [2.05, 4.69) is 46.1 Å². The van der Waals surface area contributed by atoms with Gasteiger partial charge in [-0.15, -0.1) is 11.3 Å². The average molecular weight is 359 g/mol. The predicted molar refractivity (Wildman–Crippen MR) is 101 cm³/mol. The number of thiazole rings is 1. The molecule has 0 radical (unpaired) electrons. The van der Waals surface area contributed by atoms with Crippen LogP contribution < -0.4 is 10.2 Å². The van der Waals surface area contributed by atoms with Crippen LogP contribution in [0.5, 0.6) is 0 Å². The third-order valence-corrected chi connectivity index (χ3v) is 5.49. The number of hydrogen-bond donors (Lipinski definition) is 1. The van der Waals surface area contributed by atoms with E-state index in [9.17, 15) is 4.79 Å². The average Bonchev–Trinajstić information content (AvgIpc) is 3.29. The molecule has 1 fully saturated rings. The first-order valence-corrected chi connectivity index (χ1v) is 9.53. The molecule has 1 aliphatic heterocycles. The molecule has 7 heteroatoms.